The lowest BCUT2D eigenvalue weighted by Gasteiger charge is -2.30. The van der Waals surface area contributed by atoms with Crippen molar-refractivity contribution in [2.75, 3.05) is 26.3 Å². The Balaban J connectivity index is 1.63. The van der Waals surface area contributed by atoms with Crippen molar-refractivity contribution >= 4 is 5.91 Å². The highest BCUT2D eigenvalue weighted by atomic mass is 16.5. The first kappa shape index (κ1) is 16.2. The molecule has 0 radical (unpaired) electrons. The summed E-state index contributed by atoms with van der Waals surface area (Å²) < 4.78 is 11.5. The van der Waals surface area contributed by atoms with E-state index in [2.05, 4.69) is 0 Å². The van der Waals surface area contributed by atoms with E-state index in [1.807, 2.05) is 43.0 Å². The standard InChI is InChI=1S/C20H23NO4/c1-13-7-17(14(2)25-13)19(23)21-9-16-10-24-18-6-4-3-5-15(18)8-20(16,11-21)12-22/h3-7,16,22H,8-12H2,1-2H3. The van der Waals surface area contributed by atoms with E-state index in [1.54, 1.807) is 6.07 Å². The van der Waals surface area contributed by atoms with Crippen molar-refractivity contribution < 1.29 is 19.1 Å². The summed E-state index contributed by atoms with van der Waals surface area (Å²) in [6, 6.07) is 9.77. The predicted molar refractivity (Wildman–Crippen MR) is 92.7 cm³/mol. The number of benzene rings is 1. The van der Waals surface area contributed by atoms with Crippen LogP contribution in [0.2, 0.25) is 0 Å². The van der Waals surface area contributed by atoms with Crippen molar-refractivity contribution in [2.24, 2.45) is 11.3 Å². The number of nitrogens with zero attached hydrogens (tertiary/aromatic N) is 1. The summed E-state index contributed by atoms with van der Waals surface area (Å²) in [5, 5.41) is 10.2. The van der Waals surface area contributed by atoms with Crippen LogP contribution in [0.15, 0.2) is 34.7 Å². The summed E-state index contributed by atoms with van der Waals surface area (Å²) in [5.74, 6) is 2.37. The molecule has 2 aliphatic rings. The molecule has 2 atom stereocenters. The fourth-order valence-electron chi connectivity index (χ4n) is 4.23. The first-order valence-electron chi connectivity index (χ1n) is 8.70. The van der Waals surface area contributed by atoms with Gasteiger partial charge in [-0.05, 0) is 38.0 Å². The average molecular weight is 341 g/mol. The van der Waals surface area contributed by atoms with Gasteiger partial charge in [-0.15, -0.1) is 0 Å². The van der Waals surface area contributed by atoms with Gasteiger partial charge in [-0.3, -0.25) is 4.79 Å². The predicted octanol–water partition coefficient (Wildman–Crippen LogP) is 2.58. The van der Waals surface area contributed by atoms with Gasteiger partial charge in [0.15, 0.2) is 0 Å². The zero-order valence-corrected chi connectivity index (χ0v) is 14.6. The zero-order chi connectivity index (χ0) is 17.6. The second kappa shape index (κ2) is 5.92. The van der Waals surface area contributed by atoms with Crippen LogP contribution in [0.25, 0.3) is 0 Å². The number of para-hydroxylation sites is 1. The normalized spacial score (nSPS) is 25.1. The number of aliphatic hydroxyl groups excluding tert-OH is 1. The summed E-state index contributed by atoms with van der Waals surface area (Å²) in [6.45, 7) is 5.35. The molecule has 1 saturated heterocycles. The van der Waals surface area contributed by atoms with E-state index in [0.29, 0.717) is 31.0 Å². The molecule has 5 heteroatoms. The third-order valence-corrected chi connectivity index (χ3v) is 5.64. The third kappa shape index (κ3) is 2.63. The van der Waals surface area contributed by atoms with Crippen molar-refractivity contribution in [2.45, 2.75) is 20.3 Å². The van der Waals surface area contributed by atoms with Crippen molar-refractivity contribution in [1.29, 1.82) is 0 Å². The molecule has 1 amide bonds. The number of carbonyl (C=O) groups excluding carboxylic acids is 1. The molecule has 5 nitrogen and oxygen atoms in total. The Morgan fingerprint density at radius 2 is 2.16 bits per heavy atom. The Morgan fingerprint density at radius 3 is 2.88 bits per heavy atom. The SMILES string of the molecule is Cc1cc(C(=O)N2CC3COc4ccccc4CC3(CO)C2)c(C)o1. The number of amides is 1. The van der Waals surface area contributed by atoms with E-state index in [9.17, 15) is 9.90 Å². The molecule has 132 valence electrons. The van der Waals surface area contributed by atoms with Gasteiger partial charge in [0.1, 0.15) is 17.3 Å². The second-order valence-electron chi connectivity index (χ2n) is 7.33. The Bertz CT molecular complexity index is 812. The minimum absolute atomic E-state index is 0.0245. The second-order valence-corrected chi connectivity index (χ2v) is 7.33. The number of aliphatic hydroxyl groups is 1. The summed E-state index contributed by atoms with van der Waals surface area (Å²) >= 11 is 0. The molecular formula is C20H23NO4. The first-order chi connectivity index (χ1) is 12.0. The van der Waals surface area contributed by atoms with Gasteiger partial charge in [-0.1, -0.05) is 18.2 Å². The number of aryl methyl sites for hydroxylation is 2. The van der Waals surface area contributed by atoms with Crippen LogP contribution >= 0.6 is 0 Å². The highest BCUT2D eigenvalue weighted by Gasteiger charge is 2.49. The summed E-state index contributed by atoms with van der Waals surface area (Å²) in [4.78, 5) is 14.8. The van der Waals surface area contributed by atoms with Crippen LogP contribution in [0, 0.1) is 25.2 Å². The number of hydrogen-bond acceptors (Lipinski definition) is 4. The van der Waals surface area contributed by atoms with Crippen molar-refractivity contribution in [3.05, 3.63) is 53.0 Å². The van der Waals surface area contributed by atoms with E-state index in [4.69, 9.17) is 9.15 Å². The maximum atomic E-state index is 13.0. The molecule has 0 spiro atoms. The van der Waals surface area contributed by atoms with Gasteiger partial charge >= 0.3 is 0 Å². The van der Waals surface area contributed by atoms with Gasteiger partial charge < -0.3 is 19.2 Å². The van der Waals surface area contributed by atoms with Crippen molar-refractivity contribution in [3.8, 4) is 5.75 Å². The van der Waals surface area contributed by atoms with E-state index < -0.39 is 0 Å². The molecule has 1 aromatic heterocycles. The zero-order valence-electron chi connectivity index (χ0n) is 14.6. The Kier molecular flexibility index (Phi) is 3.84. The third-order valence-electron chi connectivity index (χ3n) is 5.64. The molecule has 0 saturated carbocycles. The summed E-state index contributed by atoms with van der Waals surface area (Å²) in [6.07, 6.45) is 0.720. The van der Waals surface area contributed by atoms with Gasteiger partial charge in [0.05, 0.1) is 18.8 Å². The van der Waals surface area contributed by atoms with Gasteiger partial charge in [0.2, 0.25) is 0 Å². The molecule has 2 aliphatic heterocycles. The molecule has 1 aromatic carbocycles. The lowest BCUT2D eigenvalue weighted by atomic mass is 9.75. The highest BCUT2D eigenvalue weighted by molar-refractivity contribution is 5.95. The van der Waals surface area contributed by atoms with Gasteiger partial charge in [-0.25, -0.2) is 0 Å². The van der Waals surface area contributed by atoms with Crippen LogP contribution in [-0.4, -0.2) is 42.2 Å². The molecular weight excluding hydrogens is 318 g/mol. The molecule has 2 aromatic rings. The molecule has 25 heavy (non-hydrogen) atoms. The fourth-order valence-corrected chi connectivity index (χ4v) is 4.23. The maximum Gasteiger partial charge on any atom is 0.257 e. The van der Waals surface area contributed by atoms with Gasteiger partial charge in [0, 0.05) is 24.4 Å². The molecule has 0 aliphatic carbocycles. The van der Waals surface area contributed by atoms with Gasteiger partial charge in [0.25, 0.3) is 5.91 Å². The first-order valence-corrected chi connectivity index (χ1v) is 8.70. The Hall–Kier alpha value is -2.27. The van der Waals surface area contributed by atoms with Crippen LogP contribution in [0.1, 0.15) is 27.4 Å². The van der Waals surface area contributed by atoms with Crippen LogP contribution in [-0.2, 0) is 6.42 Å². The number of hydrogen-bond donors (Lipinski definition) is 1. The van der Waals surface area contributed by atoms with Crippen LogP contribution < -0.4 is 4.74 Å². The number of likely N-dealkylation sites (tertiary alicyclic amines) is 1. The maximum absolute atomic E-state index is 13.0. The Labute approximate surface area is 147 Å². The smallest absolute Gasteiger partial charge is 0.257 e. The summed E-state index contributed by atoms with van der Waals surface area (Å²) in [7, 11) is 0. The molecule has 2 unspecified atom stereocenters. The van der Waals surface area contributed by atoms with Crippen molar-refractivity contribution in [3.63, 3.8) is 0 Å². The van der Waals surface area contributed by atoms with E-state index >= 15 is 0 Å². The average Bonchev–Trinajstić information content (AvgIpc) is 3.09. The number of fused-ring (bicyclic) bond motifs is 2. The summed E-state index contributed by atoms with van der Waals surface area (Å²) in [5.41, 5.74) is 1.36. The van der Waals surface area contributed by atoms with Crippen LogP contribution in [0.4, 0.5) is 0 Å². The van der Waals surface area contributed by atoms with Crippen LogP contribution in [0.3, 0.4) is 0 Å². The lowest BCUT2D eigenvalue weighted by molar-refractivity contribution is 0.0693. The monoisotopic (exact) mass is 341 g/mol. The van der Waals surface area contributed by atoms with E-state index in [-0.39, 0.29) is 23.8 Å². The lowest BCUT2D eigenvalue weighted by Crippen LogP contribution is -2.38. The largest absolute Gasteiger partial charge is 0.493 e. The molecule has 4 rings (SSSR count). The van der Waals surface area contributed by atoms with E-state index in [0.717, 1.165) is 23.5 Å². The molecule has 0 bridgehead atoms. The fraction of sp³-hybridized carbons (Fsp3) is 0.450. The number of carbonyl (C=O) groups is 1. The minimum Gasteiger partial charge on any atom is -0.493 e. The van der Waals surface area contributed by atoms with Gasteiger partial charge in [-0.2, -0.15) is 0 Å². The van der Waals surface area contributed by atoms with E-state index in [1.165, 1.54) is 0 Å². The number of ether oxygens (including phenoxy) is 1. The number of furan rings is 1. The molecule has 1 fully saturated rings. The quantitative estimate of drug-likeness (QED) is 0.912. The van der Waals surface area contributed by atoms with Crippen LogP contribution in [0.5, 0.6) is 5.75 Å². The minimum atomic E-state index is -0.352. The molecule has 1 N–H and O–H groups in total. The number of rotatable bonds is 2. The van der Waals surface area contributed by atoms with Crippen molar-refractivity contribution in [1.82, 2.24) is 4.90 Å². The topological polar surface area (TPSA) is 62.9 Å². The molecule has 3 heterocycles. The Morgan fingerprint density at radius 1 is 1.36 bits per heavy atom. The highest BCUT2D eigenvalue weighted by Crippen LogP contribution is 2.43.